The third kappa shape index (κ3) is 5.40. The molecule has 0 unspecified atom stereocenters. The van der Waals surface area contributed by atoms with Gasteiger partial charge < -0.3 is 9.88 Å². The number of hydrogen-bond acceptors (Lipinski definition) is 1. The van der Waals surface area contributed by atoms with Crippen LogP contribution in [0.4, 0.5) is 0 Å². The molecule has 1 N–H and O–H groups in total. The van der Waals surface area contributed by atoms with Gasteiger partial charge >= 0.3 is 0 Å². The number of nitrogens with one attached hydrogen (secondary N) is 1. The van der Waals surface area contributed by atoms with Crippen molar-refractivity contribution in [1.29, 1.82) is 0 Å². The van der Waals surface area contributed by atoms with E-state index >= 15 is 0 Å². The summed E-state index contributed by atoms with van der Waals surface area (Å²) in [5, 5.41) is 4.18. The molecule has 0 aliphatic carbocycles. The number of aromatic nitrogens is 1. The van der Waals surface area contributed by atoms with E-state index < -0.39 is 0 Å². The molecule has 3 heteroatoms. The van der Waals surface area contributed by atoms with Crippen LogP contribution in [-0.2, 0) is 6.54 Å². The van der Waals surface area contributed by atoms with E-state index in [9.17, 15) is 4.79 Å². The van der Waals surface area contributed by atoms with E-state index in [1.165, 1.54) is 31.2 Å². The lowest BCUT2D eigenvalue weighted by Gasteiger charge is -2.18. The number of fused-ring (bicyclic) bond motifs is 1. The molecule has 2 rings (SSSR count). The normalized spacial score (nSPS) is 11.8. The van der Waals surface area contributed by atoms with Crippen LogP contribution in [0.25, 0.3) is 10.9 Å². The van der Waals surface area contributed by atoms with Crippen molar-refractivity contribution in [3.8, 4) is 0 Å². The summed E-state index contributed by atoms with van der Waals surface area (Å²) in [6.07, 6.45) is 8.18. The fraction of sp³-hybridized carbons (Fsp3) is 0.571. The minimum atomic E-state index is 0.0249. The van der Waals surface area contributed by atoms with Gasteiger partial charge in [0.25, 0.3) is 5.91 Å². The first-order valence-corrected chi connectivity index (χ1v) is 9.28. The molecule has 1 aromatic carbocycles. The molecule has 132 valence electrons. The number of unbranched alkanes of at least 4 members (excludes halogenated alkanes) is 3. The number of aryl methyl sites for hydroxylation is 1. The van der Waals surface area contributed by atoms with Crippen molar-refractivity contribution in [3.05, 3.63) is 36.0 Å². The Labute approximate surface area is 146 Å². The van der Waals surface area contributed by atoms with Crippen molar-refractivity contribution < 1.29 is 4.79 Å². The average molecular weight is 329 g/mol. The second kappa shape index (κ2) is 8.36. The largest absolute Gasteiger partial charge is 0.352 e. The molecule has 2 aromatic rings. The topological polar surface area (TPSA) is 34.0 Å². The Morgan fingerprint density at radius 3 is 2.62 bits per heavy atom. The highest BCUT2D eigenvalue weighted by Gasteiger charge is 2.12. The van der Waals surface area contributed by atoms with Crippen LogP contribution in [0.2, 0.25) is 0 Å². The van der Waals surface area contributed by atoms with Crippen molar-refractivity contribution >= 4 is 16.8 Å². The van der Waals surface area contributed by atoms with Crippen molar-refractivity contribution in [3.63, 3.8) is 0 Å². The highest BCUT2D eigenvalue weighted by molar-refractivity contribution is 5.98. The van der Waals surface area contributed by atoms with E-state index in [1.54, 1.807) is 0 Å². The molecule has 0 radical (unpaired) electrons. The van der Waals surface area contributed by atoms with Crippen molar-refractivity contribution in [2.45, 2.75) is 66.3 Å². The van der Waals surface area contributed by atoms with E-state index in [1.807, 2.05) is 12.1 Å². The number of carbonyl (C=O) groups is 1. The quantitative estimate of drug-likeness (QED) is 0.648. The summed E-state index contributed by atoms with van der Waals surface area (Å²) in [4.78, 5) is 12.3. The van der Waals surface area contributed by atoms with Gasteiger partial charge in [-0.15, -0.1) is 0 Å². The smallest absolute Gasteiger partial charge is 0.251 e. The maximum absolute atomic E-state index is 12.3. The van der Waals surface area contributed by atoms with Crippen molar-refractivity contribution in [2.75, 3.05) is 6.54 Å². The predicted octanol–water partition coefficient (Wildman–Crippen LogP) is 5.39. The summed E-state index contributed by atoms with van der Waals surface area (Å²) in [6, 6.07) is 8.14. The summed E-state index contributed by atoms with van der Waals surface area (Å²) < 4.78 is 2.30. The Kier molecular flexibility index (Phi) is 6.47. The van der Waals surface area contributed by atoms with E-state index in [-0.39, 0.29) is 11.3 Å². The van der Waals surface area contributed by atoms with Gasteiger partial charge in [-0.25, -0.2) is 0 Å². The summed E-state index contributed by atoms with van der Waals surface area (Å²) in [5.74, 6) is 0.0249. The minimum absolute atomic E-state index is 0.0249. The fourth-order valence-corrected chi connectivity index (χ4v) is 2.90. The standard InChI is InChI=1S/C21H32N2O/c1-5-6-7-8-14-23-15-11-17-16-18(9-10-19(17)23)20(24)22-13-12-21(2,3)4/h9-11,15-16H,5-8,12-14H2,1-4H3,(H,22,24). The Morgan fingerprint density at radius 1 is 1.12 bits per heavy atom. The second-order valence-electron chi connectivity index (χ2n) is 7.91. The van der Waals surface area contributed by atoms with E-state index in [0.717, 1.165) is 30.5 Å². The maximum atomic E-state index is 12.3. The summed E-state index contributed by atoms with van der Waals surface area (Å²) in [7, 11) is 0. The first-order valence-electron chi connectivity index (χ1n) is 9.28. The van der Waals surface area contributed by atoms with Crippen molar-refractivity contribution in [1.82, 2.24) is 9.88 Å². The molecule has 0 spiro atoms. The molecule has 0 saturated heterocycles. The number of amides is 1. The number of carbonyl (C=O) groups excluding carboxylic acids is 1. The molecule has 3 nitrogen and oxygen atoms in total. The van der Waals surface area contributed by atoms with Crippen molar-refractivity contribution in [2.24, 2.45) is 5.41 Å². The van der Waals surface area contributed by atoms with Crippen LogP contribution in [0.15, 0.2) is 30.5 Å². The highest BCUT2D eigenvalue weighted by atomic mass is 16.1. The number of benzene rings is 1. The SMILES string of the molecule is CCCCCCn1ccc2cc(C(=O)NCCC(C)(C)C)ccc21. The van der Waals surface area contributed by atoms with Gasteiger partial charge in [0.2, 0.25) is 0 Å². The van der Waals surface area contributed by atoms with Crippen LogP contribution in [0, 0.1) is 5.41 Å². The van der Waals surface area contributed by atoms with E-state index in [4.69, 9.17) is 0 Å². The van der Waals surface area contributed by atoms with E-state index in [0.29, 0.717) is 0 Å². The van der Waals surface area contributed by atoms with Crippen LogP contribution in [0.1, 0.15) is 70.2 Å². The molecular weight excluding hydrogens is 296 g/mol. The lowest BCUT2D eigenvalue weighted by Crippen LogP contribution is -2.27. The zero-order valence-corrected chi connectivity index (χ0v) is 15.7. The minimum Gasteiger partial charge on any atom is -0.352 e. The maximum Gasteiger partial charge on any atom is 0.251 e. The molecule has 0 aliphatic rings. The molecule has 0 aliphatic heterocycles. The second-order valence-corrected chi connectivity index (χ2v) is 7.91. The number of hydrogen-bond donors (Lipinski definition) is 1. The fourth-order valence-electron chi connectivity index (χ4n) is 2.90. The summed E-state index contributed by atoms with van der Waals surface area (Å²) in [5.41, 5.74) is 2.21. The lowest BCUT2D eigenvalue weighted by atomic mass is 9.92. The lowest BCUT2D eigenvalue weighted by molar-refractivity contribution is 0.0949. The Hall–Kier alpha value is -1.77. The molecule has 0 bridgehead atoms. The van der Waals surface area contributed by atoms with Gasteiger partial charge in [-0.1, -0.05) is 47.0 Å². The van der Waals surface area contributed by atoms with Crippen LogP contribution in [0.3, 0.4) is 0 Å². The average Bonchev–Trinajstić information content (AvgIpc) is 2.92. The molecule has 0 fully saturated rings. The van der Waals surface area contributed by atoms with Gasteiger partial charge in [0.05, 0.1) is 0 Å². The van der Waals surface area contributed by atoms with Gasteiger partial charge in [-0.3, -0.25) is 4.79 Å². The molecule has 24 heavy (non-hydrogen) atoms. The van der Waals surface area contributed by atoms with Gasteiger partial charge in [-0.05, 0) is 42.5 Å². The predicted molar refractivity (Wildman–Crippen MR) is 102 cm³/mol. The number of rotatable bonds is 8. The molecule has 0 saturated carbocycles. The third-order valence-electron chi connectivity index (χ3n) is 4.45. The van der Waals surface area contributed by atoms with Gasteiger partial charge in [-0.2, -0.15) is 0 Å². The monoisotopic (exact) mass is 328 g/mol. The Balaban J connectivity index is 1.97. The van der Waals surface area contributed by atoms with Gasteiger partial charge in [0, 0.05) is 35.8 Å². The Morgan fingerprint density at radius 2 is 1.92 bits per heavy atom. The highest BCUT2D eigenvalue weighted by Crippen LogP contribution is 2.20. The summed E-state index contributed by atoms with van der Waals surface area (Å²) in [6.45, 7) is 10.6. The van der Waals surface area contributed by atoms with Crippen LogP contribution < -0.4 is 5.32 Å². The van der Waals surface area contributed by atoms with E-state index in [2.05, 4.69) is 55.9 Å². The molecule has 1 amide bonds. The first kappa shape index (κ1) is 18.6. The zero-order chi connectivity index (χ0) is 17.6. The summed E-state index contributed by atoms with van der Waals surface area (Å²) >= 11 is 0. The Bertz CT molecular complexity index is 664. The van der Waals surface area contributed by atoms with Crippen LogP contribution in [0.5, 0.6) is 0 Å². The zero-order valence-electron chi connectivity index (χ0n) is 15.7. The molecule has 1 aromatic heterocycles. The van der Waals surface area contributed by atoms with Gasteiger partial charge in [0.1, 0.15) is 0 Å². The van der Waals surface area contributed by atoms with Crippen LogP contribution in [-0.4, -0.2) is 17.0 Å². The molecule has 0 atom stereocenters. The number of nitrogens with zero attached hydrogens (tertiary/aromatic N) is 1. The molecular formula is C21H32N2O. The van der Waals surface area contributed by atoms with Gasteiger partial charge in [0.15, 0.2) is 0 Å². The third-order valence-corrected chi connectivity index (χ3v) is 4.45. The first-order chi connectivity index (χ1) is 11.4. The molecule has 1 heterocycles. The van der Waals surface area contributed by atoms with Crippen LogP contribution >= 0.6 is 0 Å².